The number of anilines is 3. The molecular formula is C66H50N2. The van der Waals surface area contributed by atoms with Crippen LogP contribution in [0.4, 0.5) is 17.1 Å². The van der Waals surface area contributed by atoms with Gasteiger partial charge in [0.1, 0.15) is 0 Å². The highest BCUT2D eigenvalue weighted by molar-refractivity contribution is 6.19. The number of allylic oxidation sites excluding steroid dienone is 8. The summed E-state index contributed by atoms with van der Waals surface area (Å²) in [6.45, 7) is 6.62. The maximum absolute atomic E-state index is 4.59. The number of nitrogens with zero attached hydrogens (tertiary/aromatic N) is 2. The Morgan fingerprint density at radius 2 is 1.06 bits per heavy atom. The molecule has 0 radical (unpaired) electrons. The fourth-order valence-electron chi connectivity index (χ4n) is 9.75. The molecule has 324 valence electrons. The van der Waals surface area contributed by atoms with Gasteiger partial charge in [0, 0.05) is 33.5 Å². The van der Waals surface area contributed by atoms with Crippen LogP contribution in [-0.4, -0.2) is 4.57 Å². The Morgan fingerprint density at radius 3 is 1.75 bits per heavy atom. The Labute approximate surface area is 399 Å². The molecule has 2 heteroatoms. The maximum Gasteiger partial charge on any atom is 0.0547 e. The quantitative estimate of drug-likeness (QED) is 0.118. The SMILES string of the molecule is C=C(/C=C\C=C/C)c1cccc2c1c1c(-c3cccc(N(c4ccc(-c5ccc(-c6ccccc6)cc5)cc4)c4ccc(-c5ccc6c(c5)CC=CC=C6)cc4)c3)cccc1n2-c1ccccc1. The minimum atomic E-state index is 0.926. The molecule has 1 heterocycles. The first-order valence-corrected chi connectivity index (χ1v) is 23.4. The topological polar surface area (TPSA) is 8.17 Å². The molecule has 0 atom stereocenters. The van der Waals surface area contributed by atoms with Crippen molar-refractivity contribution in [2.24, 2.45) is 0 Å². The van der Waals surface area contributed by atoms with Gasteiger partial charge in [-0.1, -0.05) is 207 Å². The summed E-state index contributed by atoms with van der Waals surface area (Å²) in [6, 6.07) is 77.3. The second-order valence-electron chi connectivity index (χ2n) is 17.3. The smallest absolute Gasteiger partial charge is 0.0547 e. The number of fused-ring (bicyclic) bond motifs is 4. The van der Waals surface area contributed by atoms with Crippen molar-refractivity contribution in [1.82, 2.24) is 4.57 Å². The third-order valence-electron chi connectivity index (χ3n) is 13.1. The van der Waals surface area contributed by atoms with Crippen LogP contribution in [0.2, 0.25) is 0 Å². The summed E-state index contributed by atoms with van der Waals surface area (Å²) in [5.41, 5.74) is 20.8. The summed E-state index contributed by atoms with van der Waals surface area (Å²) in [4.78, 5) is 2.38. The normalized spacial score (nSPS) is 12.2. The predicted molar refractivity (Wildman–Crippen MR) is 292 cm³/mol. The van der Waals surface area contributed by atoms with E-state index < -0.39 is 0 Å². The Morgan fingerprint density at radius 1 is 0.485 bits per heavy atom. The zero-order chi connectivity index (χ0) is 45.8. The van der Waals surface area contributed by atoms with Crippen molar-refractivity contribution in [1.29, 1.82) is 0 Å². The molecule has 0 amide bonds. The summed E-state index contributed by atoms with van der Waals surface area (Å²) in [7, 11) is 0. The summed E-state index contributed by atoms with van der Waals surface area (Å²) in [6.07, 6.45) is 17.9. The lowest BCUT2D eigenvalue weighted by atomic mass is 9.94. The summed E-state index contributed by atoms with van der Waals surface area (Å²) in [5.74, 6) is 0. The third-order valence-corrected chi connectivity index (χ3v) is 13.1. The van der Waals surface area contributed by atoms with E-state index in [1.807, 2.05) is 13.0 Å². The van der Waals surface area contributed by atoms with Crippen molar-refractivity contribution < 1.29 is 0 Å². The minimum Gasteiger partial charge on any atom is -0.310 e. The lowest BCUT2D eigenvalue weighted by Gasteiger charge is -2.26. The number of hydrogen-bond acceptors (Lipinski definition) is 1. The number of para-hydroxylation sites is 1. The van der Waals surface area contributed by atoms with Crippen LogP contribution in [0.5, 0.6) is 0 Å². The van der Waals surface area contributed by atoms with Gasteiger partial charge in [0.05, 0.1) is 11.0 Å². The highest BCUT2D eigenvalue weighted by Gasteiger charge is 2.21. The van der Waals surface area contributed by atoms with Crippen LogP contribution in [0.1, 0.15) is 23.6 Å². The highest BCUT2D eigenvalue weighted by Crippen LogP contribution is 2.44. The maximum atomic E-state index is 4.59. The molecule has 11 rings (SSSR count). The predicted octanol–water partition coefficient (Wildman–Crippen LogP) is 18.2. The van der Waals surface area contributed by atoms with Gasteiger partial charge >= 0.3 is 0 Å². The molecule has 1 aromatic heterocycles. The number of aromatic nitrogens is 1. The van der Waals surface area contributed by atoms with Crippen molar-refractivity contribution in [2.75, 3.05) is 4.90 Å². The number of hydrogen-bond donors (Lipinski definition) is 0. The van der Waals surface area contributed by atoms with E-state index in [9.17, 15) is 0 Å². The fourth-order valence-corrected chi connectivity index (χ4v) is 9.75. The van der Waals surface area contributed by atoms with Crippen molar-refractivity contribution in [3.63, 3.8) is 0 Å². The lowest BCUT2D eigenvalue weighted by molar-refractivity contribution is 1.18. The van der Waals surface area contributed by atoms with Crippen LogP contribution in [0.3, 0.4) is 0 Å². The first-order chi connectivity index (χ1) is 33.6. The van der Waals surface area contributed by atoms with Crippen LogP contribution < -0.4 is 4.90 Å². The molecule has 1 aliphatic carbocycles. The molecule has 0 aliphatic heterocycles. The van der Waals surface area contributed by atoms with E-state index in [4.69, 9.17) is 0 Å². The zero-order valence-corrected chi connectivity index (χ0v) is 38.1. The summed E-state index contributed by atoms with van der Waals surface area (Å²) < 4.78 is 2.40. The molecule has 0 N–H and O–H groups in total. The van der Waals surface area contributed by atoms with Crippen molar-refractivity contribution in [3.8, 4) is 50.2 Å². The van der Waals surface area contributed by atoms with Gasteiger partial charge in [0.15, 0.2) is 0 Å². The summed E-state index contributed by atoms with van der Waals surface area (Å²) in [5, 5.41) is 2.39. The zero-order valence-electron chi connectivity index (χ0n) is 38.1. The van der Waals surface area contributed by atoms with Gasteiger partial charge in [0.2, 0.25) is 0 Å². The molecule has 9 aromatic carbocycles. The molecule has 2 nitrogen and oxygen atoms in total. The van der Waals surface area contributed by atoms with E-state index in [2.05, 4.69) is 271 Å². The Hall–Kier alpha value is -8.72. The molecule has 68 heavy (non-hydrogen) atoms. The third kappa shape index (κ3) is 8.14. The second-order valence-corrected chi connectivity index (χ2v) is 17.3. The van der Waals surface area contributed by atoms with Gasteiger partial charge < -0.3 is 9.47 Å². The Balaban J connectivity index is 1.04. The highest BCUT2D eigenvalue weighted by atomic mass is 15.1. The second kappa shape index (κ2) is 18.6. The Bertz CT molecular complexity index is 3570. The fraction of sp³-hybridized carbons (Fsp3) is 0.0303. The number of rotatable bonds is 11. The standard InChI is InChI=1S/C66H50N2/c1-3-4-8-18-47(2)61-27-16-29-63-65(61)66-62(28-17-30-64(66)68(63)57-24-13-7-14-25-57)56-23-15-26-60(46-56)67(59-43-39-53(40-44-59)55-36-35-49-21-11-6-12-22-54(49)45-55)58-41-37-52(38-42-58)51-33-31-50(32-34-51)48-19-9-5-10-20-48/h3-21,23-46H,2,22H2,1H3/b4-3-,18-8-. The number of benzene rings is 9. The minimum absolute atomic E-state index is 0.926. The molecule has 0 bridgehead atoms. The van der Waals surface area contributed by atoms with Crippen LogP contribution in [0.25, 0.3) is 83.6 Å². The molecule has 0 saturated heterocycles. The lowest BCUT2D eigenvalue weighted by Crippen LogP contribution is -2.10. The van der Waals surface area contributed by atoms with Gasteiger partial charge in [-0.3, -0.25) is 0 Å². The van der Waals surface area contributed by atoms with Crippen LogP contribution in [0, 0.1) is 0 Å². The largest absolute Gasteiger partial charge is 0.310 e. The van der Waals surface area contributed by atoms with Gasteiger partial charge in [-0.05, 0) is 141 Å². The Kier molecular flexibility index (Phi) is 11.5. The van der Waals surface area contributed by atoms with E-state index >= 15 is 0 Å². The molecule has 1 aliphatic rings. The average molecular weight is 871 g/mol. The molecule has 0 unspecified atom stereocenters. The average Bonchev–Trinajstić information content (AvgIpc) is 3.56. The van der Waals surface area contributed by atoms with Crippen LogP contribution >= 0.6 is 0 Å². The molecule has 0 spiro atoms. The summed E-state index contributed by atoms with van der Waals surface area (Å²) >= 11 is 0. The van der Waals surface area contributed by atoms with Crippen LogP contribution in [-0.2, 0) is 6.42 Å². The van der Waals surface area contributed by atoms with Crippen molar-refractivity contribution >= 4 is 50.5 Å². The van der Waals surface area contributed by atoms with E-state index in [1.54, 1.807) is 0 Å². The van der Waals surface area contributed by atoms with E-state index in [1.165, 1.54) is 60.8 Å². The van der Waals surface area contributed by atoms with E-state index in [-0.39, 0.29) is 0 Å². The van der Waals surface area contributed by atoms with E-state index in [0.29, 0.717) is 0 Å². The van der Waals surface area contributed by atoms with E-state index in [0.717, 1.165) is 56.9 Å². The first-order valence-electron chi connectivity index (χ1n) is 23.4. The molecule has 0 saturated carbocycles. The van der Waals surface area contributed by atoms with Gasteiger partial charge in [-0.25, -0.2) is 0 Å². The van der Waals surface area contributed by atoms with Gasteiger partial charge in [0.25, 0.3) is 0 Å². The van der Waals surface area contributed by atoms with Crippen molar-refractivity contribution in [2.45, 2.75) is 13.3 Å². The van der Waals surface area contributed by atoms with Gasteiger partial charge in [-0.15, -0.1) is 0 Å². The molecule has 0 fully saturated rings. The van der Waals surface area contributed by atoms with Gasteiger partial charge in [-0.2, -0.15) is 0 Å². The molecular weight excluding hydrogens is 821 g/mol. The monoisotopic (exact) mass is 870 g/mol. The van der Waals surface area contributed by atoms with Crippen LogP contribution in [0.15, 0.2) is 261 Å². The molecule has 10 aromatic rings. The first kappa shape index (κ1) is 41.9. The van der Waals surface area contributed by atoms with Crippen molar-refractivity contribution in [3.05, 3.63) is 278 Å².